The molecule has 2 heterocycles. The second kappa shape index (κ2) is 11.3. The average molecular weight is 561 g/mol. The van der Waals surface area contributed by atoms with E-state index in [-0.39, 0.29) is 22.4 Å². The van der Waals surface area contributed by atoms with Gasteiger partial charge < -0.3 is 40.7 Å². The van der Waals surface area contributed by atoms with Crippen molar-refractivity contribution in [2.24, 2.45) is 0 Å². The molecule has 14 nitrogen and oxygen atoms in total. The van der Waals surface area contributed by atoms with Gasteiger partial charge in [-0.25, -0.2) is 0 Å². The third-order valence-electron chi connectivity index (χ3n) is 7.06. The maximum absolute atomic E-state index is 12.5. The molecule has 0 aromatic heterocycles. The zero-order valence-corrected chi connectivity index (χ0v) is 21.6. The molecule has 1 atom stereocenters. The van der Waals surface area contributed by atoms with Gasteiger partial charge in [0, 0.05) is 43.0 Å². The third kappa shape index (κ3) is 5.76. The number of nitrogens with zero attached hydrogens (tertiary/aromatic N) is 2. The highest BCUT2D eigenvalue weighted by atomic mass is 16.6. The van der Waals surface area contributed by atoms with Gasteiger partial charge in [0.2, 0.25) is 5.91 Å². The van der Waals surface area contributed by atoms with Gasteiger partial charge in [-0.2, -0.15) is 0 Å². The molecule has 0 radical (unpaired) electrons. The second-order valence-electron chi connectivity index (χ2n) is 9.91. The van der Waals surface area contributed by atoms with E-state index >= 15 is 0 Å². The summed E-state index contributed by atoms with van der Waals surface area (Å²) in [5.74, 6) is -12.9. The molecule has 4 rings (SSSR count). The number of nitrogens with one attached hydrogen (secondary N) is 2. The van der Waals surface area contributed by atoms with Gasteiger partial charge in [0.25, 0.3) is 17.6 Å². The lowest BCUT2D eigenvalue weighted by atomic mass is 9.90. The summed E-state index contributed by atoms with van der Waals surface area (Å²) < 4.78 is 5.35. The van der Waals surface area contributed by atoms with Gasteiger partial charge >= 0.3 is 5.79 Å². The van der Waals surface area contributed by atoms with E-state index in [0.717, 1.165) is 23.6 Å². The first-order valence-electron chi connectivity index (χ1n) is 12.4. The molecular formula is C26H32N4O10. The summed E-state index contributed by atoms with van der Waals surface area (Å²) >= 11 is 0. The van der Waals surface area contributed by atoms with Gasteiger partial charge in [-0.1, -0.05) is 36.4 Å². The molecule has 2 fully saturated rings. The number of imide groups is 1. The predicted octanol–water partition coefficient (Wildman–Crippen LogP) is -2.64. The number of anilines is 1. The van der Waals surface area contributed by atoms with Crippen molar-refractivity contribution >= 4 is 23.8 Å². The maximum atomic E-state index is 12.5. The topological polar surface area (TPSA) is 212 Å². The number of aldehydes is 1. The maximum Gasteiger partial charge on any atom is 0.303 e. The van der Waals surface area contributed by atoms with Gasteiger partial charge in [-0.3, -0.25) is 29.5 Å². The summed E-state index contributed by atoms with van der Waals surface area (Å²) in [5, 5.41) is 66.7. The highest BCUT2D eigenvalue weighted by Gasteiger charge is 2.65. The number of likely N-dealkylation sites (N-methyl/N-ethyl adjacent to an activating group) is 1. The lowest BCUT2D eigenvalue weighted by Gasteiger charge is -2.45. The molecule has 2 aromatic carbocycles. The van der Waals surface area contributed by atoms with Crippen LogP contribution in [0.25, 0.3) is 0 Å². The van der Waals surface area contributed by atoms with Crippen molar-refractivity contribution in [3.63, 3.8) is 0 Å². The van der Waals surface area contributed by atoms with Crippen LogP contribution in [-0.4, -0.2) is 110 Å². The molecule has 0 spiro atoms. The molecule has 216 valence electrons. The van der Waals surface area contributed by atoms with Crippen LogP contribution in [0.2, 0.25) is 0 Å². The van der Waals surface area contributed by atoms with Crippen molar-refractivity contribution < 1.29 is 49.8 Å². The van der Waals surface area contributed by atoms with Gasteiger partial charge in [-0.05, 0) is 24.2 Å². The molecule has 14 heteroatoms. The van der Waals surface area contributed by atoms with Crippen LogP contribution in [-0.2, 0) is 33.3 Å². The highest BCUT2D eigenvalue weighted by molar-refractivity contribution is 6.05. The Hall–Kier alpha value is -3.31. The molecular weight excluding hydrogens is 528 g/mol. The Balaban J connectivity index is 1.56. The summed E-state index contributed by atoms with van der Waals surface area (Å²) in [6.45, 7) is 3.15. The molecule has 2 aliphatic heterocycles. The lowest BCUT2D eigenvalue weighted by molar-refractivity contribution is -0.356. The van der Waals surface area contributed by atoms with Crippen LogP contribution < -0.4 is 10.6 Å². The van der Waals surface area contributed by atoms with E-state index in [1.54, 1.807) is 17.4 Å². The van der Waals surface area contributed by atoms with Crippen LogP contribution in [0.4, 0.5) is 5.69 Å². The number of amides is 2. The summed E-state index contributed by atoms with van der Waals surface area (Å²) in [5.41, 5.74) is 1.26. The summed E-state index contributed by atoms with van der Waals surface area (Å²) in [7, 11) is 1.21. The summed E-state index contributed by atoms with van der Waals surface area (Å²) in [6, 6.07) is 8.83. The Bertz CT molecular complexity index is 1260. The zero-order valence-electron chi connectivity index (χ0n) is 21.6. The Morgan fingerprint density at radius 1 is 1.10 bits per heavy atom. The first-order chi connectivity index (χ1) is 18.8. The molecule has 0 bridgehead atoms. The molecule has 0 saturated carbocycles. The molecule has 2 aromatic rings. The van der Waals surface area contributed by atoms with Crippen LogP contribution in [0, 0.1) is 0 Å². The minimum absolute atomic E-state index is 0.0480. The van der Waals surface area contributed by atoms with E-state index in [4.69, 9.17) is 4.74 Å². The smallest absolute Gasteiger partial charge is 0.303 e. The van der Waals surface area contributed by atoms with Crippen LogP contribution >= 0.6 is 0 Å². The van der Waals surface area contributed by atoms with Crippen molar-refractivity contribution in [2.75, 3.05) is 38.7 Å². The molecule has 8 N–H and O–H groups in total. The number of rotatable bonds is 9. The van der Waals surface area contributed by atoms with Gasteiger partial charge in [0.05, 0.1) is 13.2 Å². The number of carbonyl (C=O) groups is 3. The number of hydrogen-bond donors (Lipinski definition) is 8. The standard InChI is InChI=1S/C26H32N4O10/c1-29(21-22(32)27-23(33)25(36,37)24(21,34)35)14-19-17(15-31)3-2-4-20(19)28-26(38,39)18-7-5-16(6-8-18)13-30-9-11-40-12-10-30/h2-8,15,21,28,34-39H,9-14H2,1H3,(H,27,32,33). The van der Waals surface area contributed by atoms with Gasteiger partial charge in [-0.15, -0.1) is 0 Å². The minimum atomic E-state index is -3.72. The SMILES string of the molecule is CN(Cc1c(C=O)cccc1NC(O)(O)c1ccc(CN2CCOCC2)cc1)C1C(=O)NC(=O)C(O)(O)C1(O)O. The number of benzene rings is 2. The van der Waals surface area contributed by atoms with E-state index < -0.39 is 41.9 Å². The zero-order chi connectivity index (χ0) is 29.3. The van der Waals surface area contributed by atoms with Crippen molar-refractivity contribution in [2.45, 2.75) is 36.6 Å². The van der Waals surface area contributed by atoms with Crippen LogP contribution in [0.5, 0.6) is 0 Å². The number of morpholine rings is 1. The normalized spacial score (nSPS) is 21.2. The first kappa shape index (κ1) is 29.7. The fraction of sp³-hybridized carbons (Fsp3) is 0.423. The number of ether oxygens (including phenoxy) is 1. The van der Waals surface area contributed by atoms with Gasteiger partial charge in [0.15, 0.2) is 6.04 Å². The monoisotopic (exact) mass is 560 g/mol. The number of carbonyl (C=O) groups excluding carboxylic acids is 3. The first-order valence-corrected chi connectivity index (χ1v) is 12.4. The number of piperidine rings is 1. The van der Waals surface area contributed by atoms with E-state index in [1.807, 2.05) is 0 Å². The summed E-state index contributed by atoms with van der Waals surface area (Å²) in [4.78, 5) is 39.2. The molecule has 2 amide bonds. The predicted molar refractivity (Wildman–Crippen MR) is 137 cm³/mol. The van der Waals surface area contributed by atoms with Crippen molar-refractivity contribution in [3.8, 4) is 0 Å². The Labute approximate surface area is 229 Å². The van der Waals surface area contributed by atoms with Crippen molar-refractivity contribution in [3.05, 3.63) is 64.7 Å². The largest absolute Gasteiger partial charge is 0.379 e. The fourth-order valence-electron chi connectivity index (χ4n) is 4.78. The molecule has 40 heavy (non-hydrogen) atoms. The Morgan fingerprint density at radius 3 is 2.38 bits per heavy atom. The van der Waals surface area contributed by atoms with Crippen LogP contribution in [0.15, 0.2) is 42.5 Å². The minimum Gasteiger partial charge on any atom is -0.379 e. The molecule has 0 aliphatic carbocycles. The highest BCUT2D eigenvalue weighted by Crippen LogP contribution is 2.32. The fourth-order valence-corrected chi connectivity index (χ4v) is 4.78. The average Bonchev–Trinajstić information content (AvgIpc) is 2.89. The van der Waals surface area contributed by atoms with Gasteiger partial charge in [0.1, 0.15) is 6.29 Å². The summed E-state index contributed by atoms with van der Waals surface area (Å²) in [6.07, 6.45) is 0.475. The van der Waals surface area contributed by atoms with E-state index in [0.29, 0.717) is 26.0 Å². The van der Waals surface area contributed by atoms with Crippen molar-refractivity contribution in [1.82, 2.24) is 15.1 Å². The molecule has 1 unspecified atom stereocenters. The number of aliphatic hydroxyl groups is 6. The van der Waals surface area contributed by atoms with Crippen LogP contribution in [0.3, 0.4) is 0 Å². The Morgan fingerprint density at radius 2 is 1.75 bits per heavy atom. The van der Waals surface area contributed by atoms with E-state index in [9.17, 15) is 45.0 Å². The second-order valence-corrected chi connectivity index (χ2v) is 9.91. The van der Waals surface area contributed by atoms with Crippen molar-refractivity contribution in [1.29, 1.82) is 0 Å². The van der Waals surface area contributed by atoms with E-state index in [2.05, 4.69) is 10.2 Å². The van der Waals surface area contributed by atoms with Crippen LogP contribution in [0.1, 0.15) is 27.0 Å². The Kier molecular flexibility index (Phi) is 8.37. The molecule has 2 aliphatic rings. The van der Waals surface area contributed by atoms with E-state index in [1.165, 1.54) is 37.4 Å². The number of hydrogen-bond acceptors (Lipinski definition) is 13. The third-order valence-corrected chi connectivity index (χ3v) is 7.06. The lowest BCUT2D eigenvalue weighted by Crippen LogP contribution is -2.78. The quantitative estimate of drug-likeness (QED) is 0.0896. The molecule has 2 saturated heterocycles.